The molecule has 0 N–H and O–H groups in total. The fourth-order valence-corrected chi connectivity index (χ4v) is 4.44. The molecule has 30 heavy (non-hydrogen) atoms. The first kappa shape index (κ1) is 20.2. The van der Waals surface area contributed by atoms with Crippen LogP contribution in [0.25, 0.3) is 21.8 Å². The van der Waals surface area contributed by atoms with Gasteiger partial charge in [-0.3, -0.25) is 14.2 Å². The van der Waals surface area contributed by atoms with Gasteiger partial charge in [-0.2, -0.15) is 4.57 Å². The normalized spacial score (nSPS) is 11.1. The maximum atomic E-state index is 12.8. The van der Waals surface area contributed by atoms with Crippen molar-refractivity contribution in [2.75, 3.05) is 12.4 Å². The van der Waals surface area contributed by atoms with E-state index in [1.807, 2.05) is 54.9 Å². The van der Waals surface area contributed by atoms with Gasteiger partial charge < -0.3 is 4.74 Å². The van der Waals surface area contributed by atoms with Crippen LogP contribution >= 0.6 is 11.8 Å². The zero-order chi connectivity index (χ0) is 20.9. The summed E-state index contributed by atoms with van der Waals surface area (Å²) >= 11 is 1.55. The van der Waals surface area contributed by atoms with Crippen molar-refractivity contribution in [3.05, 3.63) is 73.1 Å². The Kier molecular flexibility index (Phi) is 6.14. The molecule has 0 amide bonds. The zero-order valence-corrected chi connectivity index (χ0v) is 17.6. The van der Waals surface area contributed by atoms with Crippen LogP contribution in [0.4, 0.5) is 0 Å². The second kappa shape index (κ2) is 9.13. The Hall–Kier alpha value is -3.12. The van der Waals surface area contributed by atoms with Crippen molar-refractivity contribution in [2.45, 2.75) is 24.8 Å². The number of pyridine rings is 1. The van der Waals surface area contributed by atoms with Crippen molar-refractivity contribution in [3.63, 3.8) is 0 Å². The van der Waals surface area contributed by atoms with Gasteiger partial charge in [-0.1, -0.05) is 30.3 Å². The van der Waals surface area contributed by atoms with Gasteiger partial charge in [0.05, 0.1) is 23.3 Å². The molecule has 0 aliphatic carbocycles. The second-order valence-corrected chi connectivity index (χ2v) is 8.03. The van der Waals surface area contributed by atoms with Crippen LogP contribution in [-0.4, -0.2) is 28.8 Å². The van der Waals surface area contributed by atoms with Crippen molar-refractivity contribution in [2.24, 2.45) is 0 Å². The molecular formula is C24H23N2O3S+. The Morgan fingerprint density at radius 1 is 1.03 bits per heavy atom. The minimum atomic E-state index is -0.253. The Balaban J connectivity index is 1.50. The predicted octanol–water partition coefficient (Wildman–Crippen LogP) is 4.47. The van der Waals surface area contributed by atoms with Crippen molar-refractivity contribution in [1.82, 2.24) is 4.57 Å². The van der Waals surface area contributed by atoms with E-state index in [4.69, 9.17) is 4.74 Å². The molecule has 0 unspecified atom stereocenters. The molecule has 2 aromatic heterocycles. The average molecular weight is 420 g/mol. The lowest BCUT2D eigenvalue weighted by atomic mass is 10.2. The highest BCUT2D eigenvalue weighted by molar-refractivity contribution is 8.00. The van der Waals surface area contributed by atoms with Gasteiger partial charge >= 0.3 is 5.97 Å². The number of para-hydroxylation sites is 2. The zero-order valence-electron chi connectivity index (χ0n) is 16.8. The molecule has 2 heterocycles. The van der Waals surface area contributed by atoms with Gasteiger partial charge in [0.2, 0.25) is 11.4 Å². The molecule has 152 valence electrons. The van der Waals surface area contributed by atoms with Gasteiger partial charge in [-0.15, -0.1) is 11.8 Å². The lowest BCUT2D eigenvalue weighted by Gasteiger charge is -2.08. The number of esters is 1. The Bertz CT molecular complexity index is 1220. The number of hydrogen-bond acceptors (Lipinski definition) is 4. The Morgan fingerprint density at radius 2 is 1.83 bits per heavy atom. The average Bonchev–Trinajstić information content (AvgIpc) is 3.20. The minimum Gasteiger partial charge on any atom is -0.466 e. The van der Waals surface area contributed by atoms with Crippen LogP contribution in [0.2, 0.25) is 0 Å². The number of thioether (sulfide) groups is 1. The summed E-state index contributed by atoms with van der Waals surface area (Å²) < 4.78 is 8.92. The van der Waals surface area contributed by atoms with Crippen molar-refractivity contribution < 1.29 is 18.9 Å². The summed E-state index contributed by atoms with van der Waals surface area (Å²) in [5, 5.41) is 2.18. The van der Waals surface area contributed by atoms with Gasteiger partial charge in [0.15, 0.2) is 12.7 Å². The van der Waals surface area contributed by atoms with Gasteiger partial charge in [-0.25, -0.2) is 0 Å². The summed E-state index contributed by atoms with van der Waals surface area (Å²) in [5.41, 5.74) is 2.04. The fourth-order valence-electron chi connectivity index (χ4n) is 3.54. The molecule has 4 rings (SSSR count). The standard InChI is InChI=1S/C24H23N2O3S/c1-18(27)29-16-6-13-25-14-12-23(20-8-3-5-10-22(20)25)30-17-24(28)26-15-11-19-7-2-4-9-21(19)26/h2-5,7-12,14-15H,6,13,16-17H2,1H3/q+1. The second-order valence-electron chi connectivity index (χ2n) is 7.01. The van der Waals surface area contributed by atoms with E-state index in [2.05, 4.69) is 22.8 Å². The number of fused-ring (bicyclic) bond motifs is 2. The summed E-state index contributed by atoms with van der Waals surface area (Å²) in [6.07, 6.45) is 4.63. The molecule has 2 aromatic carbocycles. The van der Waals surface area contributed by atoms with Crippen LogP contribution in [0.1, 0.15) is 18.1 Å². The molecule has 4 aromatic rings. The van der Waals surface area contributed by atoms with Crippen molar-refractivity contribution in [3.8, 4) is 0 Å². The molecule has 0 atom stereocenters. The van der Waals surface area contributed by atoms with E-state index in [9.17, 15) is 9.59 Å². The lowest BCUT2D eigenvalue weighted by molar-refractivity contribution is -0.672. The van der Waals surface area contributed by atoms with E-state index in [0.717, 1.165) is 39.7 Å². The van der Waals surface area contributed by atoms with Gasteiger partial charge in [0.25, 0.3) is 0 Å². The highest BCUT2D eigenvalue weighted by Gasteiger charge is 2.15. The number of aromatic nitrogens is 2. The number of nitrogens with zero attached hydrogens (tertiary/aromatic N) is 2. The van der Waals surface area contributed by atoms with Crippen molar-refractivity contribution in [1.29, 1.82) is 0 Å². The number of hydrogen-bond donors (Lipinski definition) is 0. The molecule has 5 nitrogen and oxygen atoms in total. The molecule has 0 bridgehead atoms. The van der Waals surface area contributed by atoms with Crippen LogP contribution in [0.5, 0.6) is 0 Å². The molecule has 0 fully saturated rings. The number of carbonyl (C=O) groups excluding carboxylic acids is 2. The van der Waals surface area contributed by atoms with Gasteiger partial charge in [-0.05, 0) is 18.2 Å². The molecule has 0 radical (unpaired) electrons. The number of rotatable bonds is 7. The third-order valence-electron chi connectivity index (χ3n) is 4.95. The highest BCUT2D eigenvalue weighted by atomic mass is 32.2. The first-order valence-corrected chi connectivity index (χ1v) is 10.9. The fraction of sp³-hybridized carbons (Fsp3) is 0.208. The molecule has 0 aliphatic heterocycles. The first-order valence-electron chi connectivity index (χ1n) is 9.90. The topological polar surface area (TPSA) is 52.2 Å². The van der Waals surface area contributed by atoms with Crippen LogP contribution in [0.15, 0.2) is 78.0 Å². The third-order valence-corrected chi connectivity index (χ3v) is 6.01. The Morgan fingerprint density at radius 3 is 2.70 bits per heavy atom. The van der Waals surface area contributed by atoms with E-state index >= 15 is 0 Å². The van der Waals surface area contributed by atoms with Crippen LogP contribution < -0.4 is 4.57 Å². The molecule has 0 saturated carbocycles. The number of aryl methyl sites for hydroxylation is 1. The monoisotopic (exact) mass is 419 g/mol. The summed E-state index contributed by atoms with van der Waals surface area (Å²) in [6.45, 7) is 2.59. The highest BCUT2D eigenvalue weighted by Crippen LogP contribution is 2.26. The van der Waals surface area contributed by atoms with E-state index < -0.39 is 0 Å². The number of carbonyl (C=O) groups is 2. The predicted molar refractivity (Wildman–Crippen MR) is 119 cm³/mol. The quantitative estimate of drug-likeness (QED) is 0.192. The van der Waals surface area contributed by atoms with Gasteiger partial charge in [0.1, 0.15) is 0 Å². The van der Waals surface area contributed by atoms with E-state index in [0.29, 0.717) is 12.4 Å². The largest absolute Gasteiger partial charge is 0.466 e. The third kappa shape index (κ3) is 4.39. The molecule has 0 aliphatic rings. The Labute approximate surface area is 179 Å². The SMILES string of the molecule is CC(=O)OCCC[n+]1ccc(SCC(=O)n2ccc3ccccc32)c2ccccc21. The first-order chi connectivity index (χ1) is 14.6. The van der Waals surface area contributed by atoms with Crippen LogP contribution in [-0.2, 0) is 16.1 Å². The van der Waals surface area contributed by atoms with E-state index in [-0.39, 0.29) is 11.9 Å². The minimum absolute atomic E-state index is 0.0587. The maximum absolute atomic E-state index is 12.8. The summed E-state index contributed by atoms with van der Waals surface area (Å²) in [5.74, 6) is 0.166. The van der Waals surface area contributed by atoms with E-state index in [1.54, 1.807) is 16.3 Å². The number of ether oxygens (including phenoxy) is 1. The molecular weight excluding hydrogens is 396 g/mol. The molecule has 0 spiro atoms. The summed E-state index contributed by atoms with van der Waals surface area (Å²) in [7, 11) is 0. The number of benzene rings is 2. The van der Waals surface area contributed by atoms with Crippen LogP contribution in [0.3, 0.4) is 0 Å². The van der Waals surface area contributed by atoms with Gasteiger partial charge in [0, 0.05) is 42.0 Å². The summed E-state index contributed by atoms with van der Waals surface area (Å²) in [4.78, 5) is 24.8. The maximum Gasteiger partial charge on any atom is 0.302 e. The van der Waals surface area contributed by atoms with E-state index in [1.165, 1.54) is 6.92 Å². The smallest absolute Gasteiger partial charge is 0.302 e. The molecule has 6 heteroatoms. The molecule has 0 saturated heterocycles. The van der Waals surface area contributed by atoms with Crippen molar-refractivity contribution >= 4 is 45.4 Å². The lowest BCUT2D eigenvalue weighted by Crippen LogP contribution is -2.35. The van der Waals surface area contributed by atoms with Crippen LogP contribution in [0, 0.1) is 0 Å². The summed E-state index contributed by atoms with van der Waals surface area (Å²) in [6, 6.07) is 20.1.